The molecule has 0 heterocycles. The Morgan fingerprint density at radius 3 is 2.42 bits per heavy atom. The molecular weight excluding hydrogens is 242 g/mol. The number of hydrogen-bond acceptors (Lipinski definition) is 3. The molecule has 19 heavy (non-hydrogen) atoms. The first-order valence-corrected chi connectivity index (χ1v) is 6.49. The van der Waals surface area contributed by atoms with Crippen molar-refractivity contribution in [2.45, 2.75) is 33.6 Å². The van der Waals surface area contributed by atoms with E-state index >= 15 is 0 Å². The molecule has 104 valence electrons. The van der Waals surface area contributed by atoms with E-state index in [0.29, 0.717) is 18.0 Å². The summed E-state index contributed by atoms with van der Waals surface area (Å²) in [5.74, 6) is -0.191. The summed E-state index contributed by atoms with van der Waals surface area (Å²) in [5.41, 5.74) is 1.83. The molecule has 0 radical (unpaired) electrons. The second-order valence-electron chi connectivity index (χ2n) is 5.01. The van der Waals surface area contributed by atoms with Gasteiger partial charge in [0.25, 0.3) is 5.91 Å². The smallest absolute Gasteiger partial charge is 0.306 e. The number of ether oxygens (including phenoxy) is 1. The molecule has 0 aliphatic heterocycles. The van der Waals surface area contributed by atoms with Gasteiger partial charge in [-0.3, -0.25) is 9.59 Å². The monoisotopic (exact) mass is 263 g/mol. The van der Waals surface area contributed by atoms with Crippen LogP contribution < -0.4 is 5.32 Å². The molecule has 1 aromatic rings. The van der Waals surface area contributed by atoms with Crippen LogP contribution in [0.5, 0.6) is 0 Å². The minimum Gasteiger partial charge on any atom is -0.456 e. The number of carbonyl (C=O) groups is 2. The normalized spacial score (nSPS) is 10.3. The molecule has 0 aliphatic carbocycles. The van der Waals surface area contributed by atoms with Crippen molar-refractivity contribution in [3.05, 3.63) is 29.8 Å². The summed E-state index contributed by atoms with van der Waals surface area (Å²) in [4.78, 5) is 22.9. The van der Waals surface area contributed by atoms with Crippen LogP contribution in [0, 0.1) is 12.8 Å². The predicted molar refractivity (Wildman–Crippen MR) is 74.8 cm³/mol. The lowest BCUT2D eigenvalue weighted by atomic mass is 10.1. The van der Waals surface area contributed by atoms with Crippen molar-refractivity contribution in [2.24, 2.45) is 5.92 Å². The number of amides is 1. The average Bonchev–Trinajstić information content (AvgIpc) is 2.36. The van der Waals surface area contributed by atoms with Gasteiger partial charge in [0.1, 0.15) is 0 Å². The van der Waals surface area contributed by atoms with Crippen LogP contribution in [0.15, 0.2) is 24.3 Å². The molecule has 0 fully saturated rings. The van der Waals surface area contributed by atoms with Crippen LogP contribution in [0.1, 0.15) is 32.3 Å². The van der Waals surface area contributed by atoms with Gasteiger partial charge in [0.05, 0.1) is 0 Å². The zero-order valence-corrected chi connectivity index (χ0v) is 11.7. The van der Waals surface area contributed by atoms with E-state index in [9.17, 15) is 9.59 Å². The van der Waals surface area contributed by atoms with Crippen LogP contribution in [0.25, 0.3) is 0 Å². The van der Waals surface area contributed by atoms with Crippen molar-refractivity contribution >= 4 is 17.6 Å². The van der Waals surface area contributed by atoms with Gasteiger partial charge in [-0.25, -0.2) is 0 Å². The molecule has 1 rings (SSSR count). The van der Waals surface area contributed by atoms with Crippen molar-refractivity contribution in [3.63, 3.8) is 0 Å². The summed E-state index contributed by atoms with van der Waals surface area (Å²) < 4.78 is 4.90. The Kier molecular flexibility index (Phi) is 6.06. The predicted octanol–water partition coefficient (Wildman–Crippen LogP) is 2.91. The molecule has 0 aromatic heterocycles. The second-order valence-corrected chi connectivity index (χ2v) is 5.01. The SMILES string of the molecule is Cc1ccc(NC(=O)COC(=O)CCC(C)C)cc1. The maximum Gasteiger partial charge on any atom is 0.306 e. The average molecular weight is 263 g/mol. The Hall–Kier alpha value is -1.84. The van der Waals surface area contributed by atoms with E-state index < -0.39 is 0 Å². The quantitative estimate of drug-likeness (QED) is 0.803. The van der Waals surface area contributed by atoms with Crippen LogP contribution in [0.4, 0.5) is 5.69 Å². The molecule has 0 bridgehead atoms. The molecule has 0 spiro atoms. The van der Waals surface area contributed by atoms with Crippen LogP contribution in [0.2, 0.25) is 0 Å². The van der Waals surface area contributed by atoms with Crippen molar-refractivity contribution in [1.29, 1.82) is 0 Å². The van der Waals surface area contributed by atoms with E-state index in [1.165, 1.54) is 0 Å². The Morgan fingerprint density at radius 2 is 1.84 bits per heavy atom. The van der Waals surface area contributed by atoms with Crippen molar-refractivity contribution in [2.75, 3.05) is 11.9 Å². The number of aryl methyl sites for hydroxylation is 1. The molecule has 0 saturated heterocycles. The number of benzene rings is 1. The molecule has 0 unspecified atom stereocenters. The van der Waals surface area contributed by atoms with E-state index in [1.807, 2.05) is 45.0 Å². The third-order valence-electron chi connectivity index (χ3n) is 2.63. The molecule has 0 saturated carbocycles. The summed E-state index contributed by atoms with van der Waals surface area (Å²) in [6, 6.07) is 7.44. The van der Waals surface area contributed by atoms with Crippen LogP contribution >= 0.6 is 0 Å². The third-order valence-corrected chi connectivity index (χ3v) is 2.63. The van der Waals surface area contributed by atoms with E-state index in [1.54, 1.807) is 0 Å². The van der Waals surface area contributed by atoms with Gasteiger partial charge in [-0.05, 0) is 31.4 Å². The Labute approximate surface area is 114 Å². The fraction of sp³-hybridized carbons (Fsp3) is 0.467. The topological polar surface area (TPSA) is 55.4 Å². The highest BCUT2D eigenvalue weighted by molar-refractivity contribution is 5.92. The number of hydrogen-bond donors (Lipinski definition) is 1. The van der Waals surface area contributed by atoms with E-state index in [4.69, 9.17) is 4.74 Å². The largest absolute Gasteiger partial charge is 0.456 e. The van der Waals surface area contributed by atoms with E-state index in [0.717, 1.165) is 12.0 Å². The maximum absolute atomic E-state index is 11.6. The first-order chi connectivity index (χ1) is 8.97. The number of nitrogens with one attached hydrogen (secondary N) is 1. The Morgan fingerprint density at radius 1 is 1.21 bits per heavy atom. The van der Waals surface area contributed by atoms with Crippen molar-refractivity contribution in [1.82, 2.24) is 0 Å². The van der Waals surface area contributed by atoms with Crippen molar-refractivity contribution < 1.29 is 14.3 Å². The Balaban J connectivity index is 2.28. The fourth-order valence-electron chi connectivity index (χ4n) is 1.46. The molecule has 1 N–H and O–H groups in total. The highest BCUT2D eigenvalue weighted by Crippen LogP contribution is 2.08. The lowest BCUT2D eigenvalue weighted by molar-refractivity contribution is -0.147. The van der Waals surface area contributed by atoms with Crippen LogP contribution in [-0.2, 0) is 14.3 Å². The maximum atomic E-state index is 11.6. The number of rotatable bonds is 6. The summed E-state index contributed by atoms with van der Waals surface area (Å²) in [6.07, 6.45) is 1.13. The lowest BCUT2D eigenvalue weighted by Gasteiger charge is -2.07. The zero-order valence-electron chi connectivity index (χ0n) is 11.7. The van der Waals surface area contributed by atoms with Gasteiger partial charge in [-0.1, -0.05) is 31.5 Å². The highest BCUT2D eigenvalue weighted by Gasteiger charge is 2.08. The van der Waals surface area contributed by atoms with Gasteiger partial charge >= 0.3 is 5.97 Å². The molecular formula is C15H21NO3. The molecule has 4 heteroatoms. The lowest BCUT2D eigenvalue weighted by Crippen LogP contribution is -2.20. The van der Waals surface area contributed by atoms with E-state index in [2.05, 4.69) is 5.32 Å². The van der Waals surface area contributed by atoms with Gasteiger partial charge in [-0.15, -0.1) is 0 Å². The molecule has 1 aromatic carbocycles. The van der Waals surface area contributed by atoms with Gasteiger partial charge in [0.15, 0.2) is 6.61 Å². The first kappa shape index (κ1) is 15.2. The minimum atomic E-state index is -0.326. The van der Waals surface area contributed by atoms with Crippen LogP contribution in [-0.4, -0.2) is 18.5 Å². The summed E-state index contributed by atoms with van der Waals surface area (Å²) in [7, 11) is 0. The number of esters is 1. The zero-order chi connectivity index (χ0) is 14.3. The third kappa shape index (κ3) is 6.60. The Bertz CT molecular complexity index is 424. The fourth-order valence-corrected chi connectivity index (χ4v) is 1.46. The van der Waals surface area contributed by atoms with Gasteiger partial charge < -0.3 is 10.1 Å². The summed E-state index contributed by atoms with van der Waals surface area (Å²) in [5, 5.41) is 2.67. The molecule has 0 aliphatic rings. The van der Waals surface area contributed by atoms with Crippen LogP contribution in [0.3, 0.4) is 0 Å². The van der Waals surface area contributed by atoms with Crippen molar-refractivity contribution in [3.8, 4) is 0 Å². The van der Waals surface area contributed by atoms with Gasteiger partial charge in [0, 0.05) is 12.1 Å². The molecule has 0 atom stereocenters. The number of anilines is 1. The van der Waals surface area contributed by atoms with E-state index in [-0.39, 0.29) is 18.5 Å². The van der Waals surface area contributed by atoms with Gasteiger partial charge in [-0.2, -0.15) is 0 Å². The highest BCUT2D eigenvalue weighted by atomic mass is 16.5. The second kappa shape index (κ2) is 7.56. The minimum absolute atomic E-state index is 0.231. The van der Waals surface area contributed by atoms with Gasteiger partial charge in [0.2, 0.25) is 0 Å². The number of carbonyl (C=O) groups excluding carboxylic acids is 2. The summed E-state index contributed by atoms with van der Waals surface area (Å²) in [6.45, 7) is 5.82. The first-order valence-electron chi connectivity index (χ1n) is 6.49. The molecule has 1 amide bonds. The standard InChI is InChI=1S/C15H21NO3/c1-11(2)4-9-15(18)19-10-14(17)16-13-7-5-12(3)6-8-13/h5-8,11H,4,9-10H2,1-3H3,(H,16,17). The summed E-state index contributed by atoms with van der Waals surface area (Å²) >= 11 is 0. The molecule has 4 nitrogen and oxygen atoms in total.